The van der Waals surface area contributed by atoms with Crippen molar-refractivity contribution in [3.8, 4) is 0 Å². The molecule has 2 saturated heterocycles. The lowest BCUT2D eigenvalue weighted by Crippen LogP contribution is -2.47. The van der Waals surface area contributed by atoms with Gasteiger partial charge >= 0.3 is 0 Å². The van der Waals surface area contributed by atoms with E-state index in [-0.39, 0.29) is 48.5 Å². The third-order valence-corrected chi connectivity index (χ3v) is 4.45. The maximum Gasteiger partial charge on any atom is 0.191 e. The Balaban J connectivity index is 0.00000208. The Morgan fingerprint density at radius 3 is 2.71 bits per heavy atom. The highest BCUT2D eigenvalue weighted by molar-refractivity contribution is 14.0. The quantitative estimate of drug-likeness (QED) is 0.367. The molecule has 0 saturated carbocycles. The lowest BCUT2D eigenvalue weighted by atomic mass is 9.96. The number of benzene rings is 1. The van der Waals surface area contributed by atoms with E-state index in [1.54, 1.807) is 12.1 Å². The molecule has 4 unspecified atom stereocenters. The maximum atomic E-state index is 12.9. The van der Waals surface area contributed by atoms with Crippen LogP contribution in [-0.2, 0) is 4.74 Å². The van der Waals surface area contributed by atoms with Crippen molar-refractivity contribution < 1.29 is 14.2 Å². The number of nitrogens with zero attached hydrogens (tertiary/aromatic N) is 1. The molecular weight excluding hydrogens is 424 g/mol. The zero-order valence-corrected chi connectivity index (χ0v) is 16.1. The second kappa shape index (κ2) is 8.96. The Morgan fingerprint density at radius 2 is 2.12 bits per heavy atom. The third kappa shape index (κ3) is 4.80. The van der Waals surface area contributed by atoms with E-state index >= 15 is 0 Å². The van der Waals surface area contributed by atoms with E-state index < -0.39 is 6.10 Å². The summed E-state index contributed by atoms with van der Waals surface area (Å²) >= 11 is 0. The lowest BCUT2D eigenvalue weighted by Gasteiger charge is -2.23. The second-order valence-corrected chi connectivity index (χ2v) is 6.15. The highest BCUT2D eigenvalue weighted by Crippen LogP contribution is 2.34. The molecule has 1 aromatic carbocycles. The number of halogens is 2. The minimum absolute atomic E-state index is 0. The van der Waals surface area contributed by atoms with Gasteiger partial charge in [0.15, 0.2) is 5.96 Å². The average molecular weight is 449 g/mol. The molecule has 2 aliphatic rings. The number of hydrogen-bond acceptors (Lipinski definition) is 3. The summed E-state index contributed by atoms with van der Waals surface area (Å²) in [7, 11) is 0. The summed E-state index contributed by atoms with van der Waals surface area (Å²) in [5.74, 6) is 0.380. The van der Waals surface area contributed by atoms with Crippen LogP contribution in [0.1, 0.15) is 37.9 Å². The van der Waals surface area contributed by atoms with Crippen LogP contribution in [0.4, 0.5) is 4.39 Å². The molecule has 5 nitrogen and oxygen atoms in total. The molecule has 7 heteroatoms. The van der Waals surface area contributed by atoms with Crippen LogP contribution in [0.2, 0.25) is 0 Å². The Kier molecular flexibility index (Phi) is 7.24. The molecule has 0 spiro atoms. The predicted octanol–water partition coefficient (Wildman–Crippen LogP) is 2.35. The molecule has 2 fully saturated rings. The number of aliphatic imine (C=N–C) groups is 1. The first-order valence-electron chi connectivity index (χ1n) is 8.29. The minimum Gasteiger partial charge on any atom is -0.386 e. The van der Waals surface area contributed by atoms with Gasteiger partial charge in [-0.25, -0.2) is 4.39 Å². The van der Waals surface area contributed by atoms with E-state index in [9.17, 15) is 9.50 Å². The molecule has 3 N–H and O–H groups in total. The van der Waals surface area contributed by atoms with E-state index in [0.29, 0.717) is 17.6 Å². The van der Waals surface area contributed by atoms with E-state index in [2.05, 4.69) is 15.6 Å². The molecule has 2 heterocycles. The summed E-state index contributed by atoms with van der Waals surface area (Å²) in [6.07, 6.45) is 3.16. The van der Waals surface area contributed by atoms with Crippen molar-refractivity contribution in [3.63, 3.8) is 0 Å². The van der Waals surface area contributed by atoms with Crippen molar-refractivity contribution in [2.75, 3.05) is 13.1 Å². The monoisotopic (exact) mass is 449 g/mol. The fourth-order valence-corrected chi connectivity index (χ4v) is 3.25. The maximum absolute atomic E-state index is 12.9. The highest BCUT2D eigenvalue weighted by Gasteiger charge is 2.41. The van der Waals surface area contributed by atoms with E-state index in [4.69, 9.17) is 4.74 Å². The van der Waals surface area contributed by atoms with Gasteiger partial charge in [-0.15, -0.1) is 24.0 Å². The molecule has 2 aliphatic heterocycles. The third-order valence-electron chi connectivity index (χ3n) is 4.45. The Bertz CT molecular complexity index is 555. The van der Waals surface area contributed by atoms with Gasteiger partial charge in [-0.3, -0.25) is 4.99 Å². The van der Waals surface area contributed by atoms with Crippen molar-refractivity contribution in [1.82, 2.24) is 10.6 Å². The second-order valence-electron chi connectivity index (χ2n) is 6.15. The number of rotatable bonds is 5. The van der Waals surface area contributed by atoms with Gasteiger partial charge in [0.05, 0.1) is 30.9 Å². The van der Waals surface area contributed by atoms with Gasteiger partial charge in [0.2, 0.25) is 0 Å². The zero-order valence-electron chi connectivity index (χ0n) is 13.7. The fourth-order valence-electron chi connectivity index (χ4n) is 3.25. The molecule has 4 atom stereocenters. The molecule has 24 heavy (non-hydrogen) atoms. The van der Waals surface area contributed by atoms with E-state index in [1.807, 2.05) is 6.92 Å². The standard InChI is InChI=1S/C17H24FN3O2.HI/c1-2-19-17(21-14-9-13-7-8-16(14)23-13)20-10-15(22)11-3-5-12(18)6-4-11;/h3-6,13-16,22H,2,7-10H2,1H3,(H2,19,20,21);1H. The summed E-state index contributed by atoms with van der Waals surface area (Å²) < 4.78 is 18.8. The summed E-state index contributed by atoms with van der Waals surface area (Å²) in [5, 5.41) is 16.8. The topological polar surface area (TPSA) is 65.9 Å². The first-order chi connectivity index (χ1) is 11.2. The van der Waals surface area contributed by atoms with Gasteiger partial charge in [-0.05, 0) is 43.9 Å². The number of guanidine groups is 1. The van der Waals surface area contributed by atoms with Crippen molar-refractivity contribution in [3.05, 3.63) is 35.6 Å². The first-order valence-corrected chi connectivity index (χ1v) is 8.29. The summed E-state index contributed by atoms with van der Waals surface area (Å²) in [6.45, 7) is 2.98. The largest absolute Gasteiger partial charge is 0.386 e. The number of nitrogens with one attached hydrogen (secondary N) is 2. The molecule has 0 radical (unpaired) electrons. The van der Waals surface area contributed by atoms with Crippen LogP contribution >= 0.6 is 24.0 Å². The fraction of sp³-hybridized carbons (Fsp3) is 0.588. The Labute approximate surface area is 159 Å². The molecule has 0 aliphatic carbocycles. The van der Waals surface area contributed by atoms with E-state index in [0.717, 1.165) is 25.8 Å². The average Bonchev–Trinajstić information content (AvgIpc) is 3.16. The Morgan fingerprint density at radius 1 is 1.38 bits per heavy atom. The Hall–Kier alpha value is -0.930. The van der Waals surface area contributed by atoms with Crippen LogP contribution in [0, 0.1) is 5.82 Å². The molecular formula is C17H25FIN3O2. The highest BCUT2D eigenvalue weighted by atomic mass is 127. The number of aliphatic hydroxyl groups excluding tert-OH is 1. The molecule has 0 amide bonds. The molecule has 0 aromatic heterocycles. The normalized spacial score (nSPS) is 26.8. The van der Waals surface area contributed by atoms with Gasteiger partial charge in [-0.1, -0.05) is 12.1 Å². The summed E-state index contributed by atoms with van der Waals surface area (Å²) in [6, 6.07) is 6.14. The van der Waals surface area contributed by atoms with Crippen molar-refractivity contribution in [2.45, 2.75) is 50.5 Å². The summed E-state index contributed by atoms with van der Waals surface area (Å²) in [5.41, 5.74) is 0.661. The van der Waals surface area contributed by atoms with Gasteiger partial charge in [0.1, 0.15) is 5.82 Å². The lowest BCUT2D eigenvalue weighted by molar-refractivity contribution is 0.0992. The van der Waals surface area contributed by atoms with Gasteiger partial charge in [-0.2, -0.15) is 0 Å². The van der Waals surface area contributed by atoms with Crippen LogP contribution in [0.5, 0.6) is 0 Å². The number of ether oxygens (including phenoxy) is 1. The van der Waals surface area contributed by atoms with Gasteiger partial charge < -0.3 is 20.5 Å². The molecule has 3 rings (SSSR count). The molecule has 2 bridgehead atoms. The van der Waals surface area contributed by atoms with Crippen LogP contribution in [0.25, 0.3) is 0 Å². The van der Waals surface area contributed by atoms with Crippen molar-refractivity contribution in [2.24, 2.45) is 4.99 Å². The van der Waals surface area contributed by atoms with Gasteiger partial charge in [0, 0.05) is 6.54 Å². The van der Waals surface area contributed by atoms with Crippen molar-refractivity contribution >= 4 is 29.9 Å². The minimum atomic E-state index is -0.748. The molecule has 134 valence electrons. The van der Waals surface area contributed by atoms with Crippen LogP contribution < -0.4 is 10.6 Å². The smallest absolute Gasteiger partial charge is 0.191 e. The number of aliphatic hydroxyl groups is 1. The first kappa shape index (κ1) is 19.4. The van der Waals surface area contributed by atoms with E-state index in [1.165, 1.54) is 12.1 Å². The summed E-state index contributed by atoms with van der Waals surface area (Å²) in [4.78, 5) is 4.45. The van der Waals surface area contributed by atoms with Crippen LogP contribution in [0.3, 0.4) is 0 Å². The number of hydrogen-bond donors (Lipinski definition) is 3. The predicted molar refractivity (Wildman–Crippen MR) is 102 cm³/mol. The SMILES string of the molecule is CCNC(=NCC(O)c1ccc(F)cc1)NC1CC2CCC1O2.I. The van der Waals surface area contributed by atoms with Crippen molar-refractivity contribution in [1.29, 1.82) is 0 Å². The number of fused-ring (bicyclic) bond motifs is 2. The van der Waals surface area contributed by atoms with Crippen LogP contribution in [0.15, 0.2) is 29.3 Å². The zero-order chi connectivity index (χ0) is 16.2. The molecule has 1 aromatic rings. The van der Waals surface area contributed by atoms with Gasteiger partial charge in [0.25, 0.3) is 0 Å². The van der Waals surface area contributed by atoms with Crippen LogP contribution in [-0.4, -0.2) is 42.4 Å².